The average Bonchev–Trinajstić information content (AvgIpc) is 3.80. The minimum Gasteiger partial charge on any atom is -0.290 e. The van der Waals surface area contributed by atoms with Gasteiger partial charge in [0.1, 0.15) is 22.4 Å². The monoisotopic (exact) mass is 744 g/mol. The highest BCUT2D eigenvalue weighted by Crippen LogP contribution is 2.51. The Labute approximate surface area is 336 Å². The molecule has 274 valence electrons. The van der Waals surface area contributed by atoms with Crippen LogP contribution in [0, 0.1) is 0 Å². The first kappa shape index (κ1) is 33.7. The van der Waals surface area contributed by atoms with E-state index in [9.17, 15) is 0 Å². The zero-order valence-electron chi connectivity index (χ0n) is 32.0. The fraction of sp³-hybridized carbons (Fsp3) is 0.0577. The molecule has 0 bridgehead atoms. The van der Waals surface area contributed by atoms with Crippen LogP contribution in [-0.4, -0.2) is 29.5 Å². The lowest BCUT2D eigenvalue weighted by molar-refractivity contribution is 0.660. The summed E-state index contributed by atoms with van der Waals surface area (Å²) in [4.78, 5) is 25.7. The van der Waals surface area contributed by atoms with E-state index >= 15 is 0 Å². The number of fused-ring (bicyclic) bond motifs is 6. The normalized spacial score (nSPS) is 12.8. The van der Waals surface area contributed by atoms with Crippen molar-refractivity contribution in [3.8, 4) is 73.4 Å². The Bertz CT molecular complexity index is 3120. The van der Waals surface area contributed by atoms with Gasteiger partial charge in [0.05, 0.1) is 22.6 Å². The lowest BCUT2D eigenvalue weighted by atomic mass is 9.81. The van der Waals surface area contributed by atoms with Crippen molar-refractivity contribution in [3.63, 3.8) is 0 Å². The van der Waals surface area contributed by atoms with Gasteiger partial charge < -0.3 is 0 Å². The second-order valence-electron chi connectivity index (χ2n) is 15.3. The van der Waals surface area contributed by atoms with Gasteiger partial charge in [-0.2, -0.15) is 0 Å². The molecule has 4 heterocycles. The molecule has 4 aromatic heterocycles. The van der Waals surface area contributed by atoms with Crippen molar-refractivity contribution in [2.75, 3.05) is 0 Å². The Morgan fingerprint density at radius 1 is 0.448 bits per heavy atom. The van der Waals surface area contributed by atoms with Gasteiger partial charge in [0, 0.05) is 45.1 Å². The molecule has 0 amide bonds. The molecule has 58 heavy (non-hydrogen) atoms. The molecule has 0 aliphatic heterocycles. The van der Waals surface area contributed by atoms with Crippen LogP contribution < -0.4 is 0 Å². The molecular weight excluding hydrogens is 709 g/mol. The first-order valence-corrected chi connectivity index (χ1v) is 19.6. The lowest BCUT2D eigenvalue weighted by Crippen LogP contribution is -2.15. The maximum atomic E-state index is 5.46. The predicted octanol–water partition coefficient (Wildman–Crippen LogP) is 12.4. The maximum Gasteiger partial charge on any atom is 0.160 e. The molecule has 0 radical (unpaired) electrons. The molecule has 1 aliphatic carbocycles. The summed E-state index contributed by atoms with van der Waals surface area (Å²) in [5.74, 6) is 1.55. The number of rotatable bonds is 6. The number of nitrogens with zero attached hydrogens (tertiary/aromatic N) is 6. The van der Waals surface area contributed by atoms with E-state index in [-0.39, 0.29) is 5.41 Å². The van der Waals surface area contributed by atoms with Crippen LogP contribution in [0.3, 0.4) is 0 Å². The lowest BCUT2D eigenvalue weighted by Gasteiger charge is -2.22. The molecule has 0 unspecified atom stereocenters. The number of benzene rings is 6. The Morgan fingerprint density at radius 3 is 1.69 bits per heavy atom. The summed E-state index contributed by atoms with van der Waals surface area (Å²) in [6.07, 6.45) is 1.82. The van der Waals surface area contributed by atoms with E-state index < -0.39 is 0 Å². The van der Waals surface area contributed by atoms with Crippen molar-refractivity contribution in [2.24, 2.45) is 0 Å². The molecular formula is C52H36N6. The molecule has 0 spiro atoms. The molecule has 0 saturated carbocycles. The van der Waals surface area contributed by atoms with E-state index in [2.05, 4.69) is 146 Å². The highest BCUT2D eigenvalue weighted by molar-refractivity contribution is 6.07. The van der Waals surface area contributed by atoms with E-state index in [4.69, 9.17) is 24.9 Å². The van der Waals surface area contributed by atoms with Gasteiger partial charge in [0.25, 0.3) is 0 Å². The number of aromatic nitrogens is 6. The molecule has 0 N–H and O–H groups in total. The number of hydrogen-bond donors (Lipinski definition) is 0. The fourth-order valence-electron chi connectivity index (χ4n) is 8.57. The first-order valence-electron chi connectivity index (χ1n) is 19.6. The summed E-state index contributed by atoms with van der Waals surface area (Å²) in [6.45, 7) is 4.65. The molecule has 10 aromatic rings. The summed E-state index contributed by atoms with van der Waals surface area (Å²) >= 11 is 0. The van der Waals surface area contributed by atoms with Crippen molar-refractivity contribution < 1.29 is 0 Å². The minimum atomic E-state index is -0.303. The molecule has 6 nitrogen and oxygen atoms in total. The van der Waals surface area contributed by atoms with E-state index in [0.717, 1.165) is 78.5 Å². The smallest absolute Gasteiger partial charge is 0.160 e. The molecule has 1 aliphatic rings. The van der Waals surface area contributed by atoms with Crippen LogP contribution in [0.1, 0.15) is 25.0 Å². The second kappa shape index (κ2) is 13.3. The van der Waals surface area contributed by atoms with Crippen LogP contribution in [0.5, 0.6) is 0 Å². The van der Waals surface area contributed by atoms with Gasteiger partial charge in [-0.05, 0) is 64.7 Å². The Balaban J connectivity index is 1.08. The quantitative estimate of drug-likeness (QED) is 0.170. The van der Waals surface area contributed by atoms with Gasteiger partial charge in [-0.25, -0.2) is 19.9 Å². The molecule has 11 rings (SSSR count). The van der Waals surface area contributed by atoms with Gasteiger partial charge in [-0.3, -0.25) is 9.55 Å². The minimum absolute atomic E-state index is 0.303. The Morgan fingerprint density at radius 2 is 1.02 bits per heavy atom. The summed E-state index contributed by atoms with van der Waals surface area (Å²) in [5.41, 5.74) is 16.9. The third-order valence-electron chi connectivity index (χ3n) is 11.5. The van der Waals surface area contributed by atoms with Crippen molar-refractivity contribution in [3.05, 3.63) is 193 Å². The third-order valence-corrected chi connectivity index (χ3v) is 11.5. The summed E-state index contributed by atoms with van der Waals surface area (Å²) < 4.78 is 2.26. The van der Waals surface area contributed by atoms with Crippen LogP contribution in [0.4, 0.5) is 0 Å². The van der Waals surface area contributed by atoms with Crippen molar-refractivity contribution in [1.29, 1.82) is 0 Å². The van der Waals surface area contributed by atoms with E-state index in [1.807, 2.05) is 54.7 Å². The van der Waals surface area contributed by atoms with Gasteiger partial charge in [0.2, 0.25) is 0 Å². The highest BCUT2D eigenvalue weighted by atomic mass is 15.1. The topological polar surface area (TPSA) is 69.4 Å². The molecule has 6 aromatic carbocycles. The third kappa shape index (κ3) is 5.45. The van der Waals surface area contributed by atoms with E-state index in [0.29, 0.717) is 5.82 Å². The maximum absolute atomic E-state index is 5.46. The largest absolute Gasteiger partial charge is 0.290 e. The Hall–Kier alpha value is -7.57. The van der Waals surface area contributed by atoms with Crippen molar-refractivity contribution in [1.82, 2.24) is 29.5 Å². The number of imidazole rings is 1. The number of pyridine rings is 2. The number of hydrogen-bond acceptors (Lipinski definition) is 5. The average molecular weight is 745 g/mol. The van der Waals surface area contributed by atoms with Crippen LogP contribution in [0.2, 0.25) is 0 Å². The molecule has 6 heteroatoms. The second-order valence-corrected chi connectivity index (χ2v) is 15.3. The van der Waals surface area contributed by atoms with Gasteiger partial charge in [-0.1, -0.05) is 147 Å². The molecule has 0 fully saturated rings. The summed E-state index contributed by atoms with van der Waals surface area (Å²) in [6, 6.07) is 61.1. The molecule has 0 saturated heterocycles. The zero-order valence-corrected chi connectivity index (χ0v) is 32.0. The van der Waals surface area contributed by atoms with E-state index in [1.54, 1.807) is 0 Å². The highest BCUT2D eigenvalue weighted by Gasteiger charge is 2.36. The Kier molecular flexibility index (Phi) is 7.73. The first-order chi connectivity index (χ1) is 28.5. The van der Waals surface area contributed by atoms with Gasteiger partial charge in [-0.15, -0.1) is 0 Å². The SMILES string of the molecule is CC1(C)c2cc(-c3cc(-c4ccccc4)nc(-c4ccccc4)n3)ccc2-c2ccc(-c3nc4c5ncccc5nc(-c5ccccc5)c4n3-c3ccccc3)cc21. The van der Waals surface area contributed by atoms with Gasteiger partial charge in [0.15, 0.2) is 5.82 Å². The van der Waals surface area contributed by atoms with Crippen molar-refractivity contribution in [2.45, 2.75) is 19.3 Å². The summed E-state index contributed by atoms with van der Waals surface area (Å²) in [7, 11) is 0. The zero-order chi connectivity index (χ0) is 38.8. The standard InChI is InChI=1S/C52H36N6/c1-52(2)41-30-36(45-32-44(33-16-7-3-8-17-33)55-50(56-45)35-20-11-5-12-21-35)25-27-39(41)40-28-26-37(31-42(40)52)51-57-48-47-43(24-15-29-53-47)54-46(34-18-9-4-10-19-34)49(48)58(51)38-22-13-6-14-23-38/h3-32H,1-2H3. The van der Waals surface area contributed by atoms with Crippen molar-refractivity contribution >= 4 is 22.1 Å². The van der Waals surface area contributed by atoms with Gasteiger partial charge >= 0.3 is 0 Å². The van der Waals surface area contributed by atoms with Crippen LogP contribution >= 0.6 is 0 Å². The van der Waals surface area contributed by atoms with Crippen LogP contribution in [0.15, 0.2) is 182 Å². The molecule has 0 atom stereocenters. The van der Waals surface area contributed by atoms with Crippen LogP contribution in [0.25, 0.3) is 95.4 Å². The predicted molar refractivity (Wildman–Crippen MR) is 234 cm³/mol. The van der Waals surface area contributed by atoms with E-state index in [1.165, 1.54) is 22.3 Å². The fourth-order valence-corrected chi connectivity index (χ4v) is 8.57. The number of para-hydroxylation sites is 1. The summed E-state index contributed by atoms with van der Waals surface area (Å²) in [5, 5.41) is 0. The van der Waals surface area contributed by atoms with Crippen LogP contribution in [-0.2, 0) is 5.41 Å².